The van der Waals surface area contributed by atoms with Gasteiger partial charge in [0.1, 0.15) is 11.5 Å². The van der Waals surface area contributed by atoms with Crippen LogP contribution in [0, 0.1) is 0 Å². The lowest BCUT2D eigenvalue weighted by Crippen LogP contribution is -2.32. The number of carbonyl (C=O) groups is 3. The van der Waals surface area contributed by atoms with Gasteiger partial charge in [-0.15, -0.1) is 0 Å². The fraction of sp³-hybridized carbons (Fsp3) is 0.136. The van der Waals surface area contributed by atoms with Crippen LogP contribution >= 0.6 is 0 Å². The number of amides is 2. The lowest BCUT2D eigenvalue weighted by molar-refractivity contribution is -0.117. The molecule has 0 saturated carbocycles. The van der Waals surface area contributed by atoms with Gasteiger partial charge in [0.2, 0.25) is 5.91 Å². The van der Waals surface area contributed by atoms with E-state index >= 15 is 0 Å². The summed E-state index contributed by atoms with van der Waals surface area (Å²) in [5.74, 6) is -2.21. The van der Waals surface area contributed by atoms with Crippen molar-refractivity contribution in [1.82, 2.24) is 15.3 Å². The zero-order valence-corrected chi connectivity index (χ0v) is 16.2. The molecule has 0 aliphatic heterocycles. The Bertz CT molecular complexity index is 1070. The summed E-state index contributed by atoms with van der Waals surface area (Å²) < 4.78 is 0. The Kier molecular flexibility index (Phi) is 6.49. The first-order chi connectivity index (χ1) is 14.5. The third-order valence-corrected chi connectivity index (χ3v) is 4.30. The number of anilines is 1. The molecule has 0 spiro atoms. The van der Waals surface area contributed by atoms with Crippen LogP contribution in [0.2, 0.25) is 0 Å². The third kappa shape index (κ3) is 5.05. The topological polar surface area (TPSA) is 121 Å². The van der Waals surface area contributed by atoms with Crippen LogP contribution < -0.4 is 16.2 Å². The number of carbonyl (C=O) groups excluding carboxylic acids is 3. The van der Waals surface area contributed by atoms with E-state index in [1.54, 1.807) is 0 Å². The number of nitrogens with zero attached hydrogens (tertiary/aromatic N) is 1. The molecular formula is C22H20N4O4. The molecule has 1 aromatic heterocycles. The smallest absolute Gasteiger partial charge is 0.287 e. The van der Waals surface area contributed by atoms with Gasteiger partial charge in [0.05, 0.1) is 18.7 Å². The van der Waals surface area contributed by atoms with E-state index in [4.69, 9.17) is 0 Å². The maximum absolute atomic E-state index is 13.1. The van der Waals surface area contributed by atoms with Crippen molar-refractivity contribution >= 4 is 23.3 Å². The van der Waals surface area contributed by atoms with E-state index in [0.29, 0.717) is 0 Å². The van der Waals surface area contributed by atoms with Gasteiger partial charge in [-0.25, -0.2) is 4.98 Å². The lowest BCUT2D eigenvalue weighted by Gasteiger charge is -2.17. The van der Waals surface area contributed by atoms with Crippen molar-refractivity contribution in [3.8, 4) is 0 Å². The minimum absolute atomic E-state index is 0.0834. The average molecular weight is 404 g/mol. The molecule has 0 radical (unpaired) electrons. The Labute approximate surface area is 172 Å². The van der Waals surface area contributed by atoms with E-state index in [1.807, 2.05) is 60.7 Å². The summed E-state index contributed by atoms with van der Waals surface area (Å²) in [6.45, 7) is 1.15. The summed E-state index contributed by atoms with van der Waals surface area (Å²) in [7, 11) is 0. The second kappa shape index (κ2) is 9.42. The van der Waals surface area contributed by atoms with Crippen molar-refractivity contribution in [3.05, 3.63) is 94.2 Å². The summed E-state index contributed by atoms with van der Waals surface area (Å²) in [4.78, 5) is 54.5. The van der Waals surface area contributed by atoms with E-state index in [9.17, 15) is 19.2 Å². The van der Waals surface area contributed by atoms with Crippen LogP contribution in [0.4, 0.5) is 5.69 Å². The number of nitrogens with one attached hydrogen (secondary N) is 3. The molecule has 2 amide bonds. The van der Waals surface area contributed by atoms with E-state index < -0.39 is 23.3 Å². The molecular weight excluding hydrogens is 384 g/mol. The van der Waals surface area contributed by atoms with Crippen LogP contribution in [-0.2, 0) is 9.59 Å². The molecule has 0 bridgehead atoms. The second-order valence-corrected chi connectivity index (χ2v) is 6.60. The molecule has 3 N–H and O–H groups in total. The number of benzene rings is 2. The summed E-state index contributed by atoms with van der Waals surface area (Å²) in [5, 5.41) is 4.93. The minimum Gasteiger partial charge on any atom is -0.342 e. The van der Waals surface area contributed by atoms with Crippen LogP contribution in [0.15, 0.2) is 71.7 Å². The zero-order chi connectivity index (χ0) is 21.5. The van der Waals surface area contributed by atoms with Crippen LogP contribution in [-0.4, -0.2) is 34.1 Å². The Morgan fingerprint density at radius 2 is 1.53 bits per heavy atom. The van der Waals surface area contributed by atoms with Crippen molar-refractivity contribution in [1.29, 1.82) is 0 Å². The van der Waals surface area contributed by atoms with Gasteiger partial charge in [0, 0.05) is 0 Å². The normalized spacial score (nSPS) is 10.5. The third-order valence-electron chi connectivity index (χ3n) is 4.30. The predicted octanol–water partition coefficient (Wildman–Crippen LogP) is 1.86. The molecule has 2 aromatic carbocycles. The van der Waals surface area contributed by atoms with Crippen molar-refractivity contribution in [2.45, 2.75) is 12.8 Å². The Balaban J connectivity index is 1.83. The fourth-order valence-electron chi connectivity index (χ4n) is 2.88. The van der Waals surface area contributed by atoms with Gasteiger partial charge in [-0.3, -0.25) is 19.2 Å². The Hall–Kier alpha value is -4.07. The van der Waals surface area contributed by atoms with Crippen LogP contribution in [0.1, 0.15) is 34.6 Å². The molecule has 0 aliphatic carbocycles. The van der Waals surface area contributed by atoms with Crippen molar-refractivity contribution in [2.24, 2.45) is 0 Å². The molecule has 1 heterocycles. The van der Waals surface area contributed by atoms with Gasteiger partial charge in [-0.05, 0) is 18.1 Å². The first-order valence-electron chi connectivity index (χ1n) is 9.23. The minimum atomic E-state index is -0.688. The number of ketones is 1. The first kappa shape index (κ1) is 20.7. The SMILES string of the molecule is CC(=O)CNC(=O)c1ncc(NC(=O)C(c2ccccc2)c2ccccc2)c(=O)[nH]1. The van der Waals surface area contributed by atoms with E-state index in [0.717, 1.165) is 17.3 Å². The second-order valence-electron chi connectivity index (χ2n) is 6.60. The predicted molar refractivity (Wildman–Crippen MR) is 111 cm³/mol. The van der Waals surface area contributed by atoms with Crippen molar-refractivity contribution in [3.63, 3.8) is 0 Å². The fourth-order valence-corrected chi connectivity index (χ4v) is 2.88. The van der Waals surface area contributed by atoms with Crippen molar-refractivity contribution in [2.75, 3.05) is 11.9 Å². The molecule has 0 saturated heterocycles. The molecule has 30 heavy (non-hydrogen) atoms. The number of rotatable bonds is 7. The Morgan fingerprint density at radius 1 is 0.967 bits per heavy atom. The number of aromatic amines is 1. The van der Waals surface area contributed by atoms with E-state index in [1.165, 1.54) is 6.92 Å². The molecule has 0 aliphatic rings. The highest BCUT2D eigenvalue weighted by molar-refractivity contribution is 5.98. The van der Waals surface area contributed by atoms with Crippen molar-refractivity contribution < 1.29 is 14.4 Å². The van der Waals surface area contributed by atoms with Crippen LogP contribution in [0.3, 0.4) is 0 Å². The molecule has 152 valence electrons. The zero-order valence-electron chi connectivity index (χ0n) is 16.2. The summed E-state index contributed by atoms with van der Waals surface area (Å²) in [6, 6.07) is 18.4. The quantitative estimate of drug-likeness (QED) is 0.555. The summed E-state index contributed by atoms with van der Waals surface area (Å²) in [6.07, 6.45) is 1.12. The number of aromatic nitrogens is 2. The van der Waals surface area contributed by atoms with Gasteiger partial charge in [0.25, 0.3) is 11.5 Å². The molecule has 3 rings (SSSR count). The highest BCUT2D eigenvalue weighted by Gasteiger charge is 2.23. The van der Waals surface area contributed by atoms with Gasteiger partial charge in [-0.2, -0.15) is 0 Å². The number of H-pyrrole nitrogens is 1. The monoisotopic (exact) mass is 404 g/mol. The molecule has 8 heteroatoms. The molecule has 0 fully saturated rings. The van der Waals surface area contributed by atoms with Gasteiger partial charge in [-0.1, -0.05) is 60.7 Å². The highest BCUT2D eigenvalue weighted by atomic mass is 16.2. The van der Waals surface area contributed by atoms with Gasteiger partial charge < -0.3 is 15.6 Å². The first-order valence-corrected chi connectivity index (χ1v) is 9.23. The lowest BCUT2D eigenvalue weighted by atomic mass is 9.90. The standard InChI is InChI=1S/C22H20N4O4/c1-14(27)12-24-22(30)19-23-13-17(20(28)26-19)25-21(29)18(15-8-4-2-5-9-15)16-10-6-3-7-11-16/h2-11,13,18H,12H2,1H3,(H,24,30)(H,25,29)(H,23,26,28). The maximum Gasteiger partial charge on any atom is 0.287 e. The van der Waals surface area contributed by atoms with E-state index in [-0.39, 0.29) is 23.8 Å². The average Bonchev–Trinajstić information content (AvgIpc) is 2.75. The van der Waals surface area contributed by atoms with Crippen LogP contribution in [0.25, 0.3) is 0 Å². The number of hydrogen-bond donors (Lipinski definition) is 3. The highest BCUT2D eigenvalue weighted by Crippen LogP contribution is 2.25. The summed E-state index contributed by atoms with van der Waals surface area (Å²) >= 11 is 0. The molecule has 8 nitrogen and oxygen atoms in total. The Morgan fingerprint density at radius 3 is 2.03 bits per heavy atom. The molecule has 3 aromatic rings. The largest absolute Gasteiger partial charge is 0.342 e. The number of Topliss-reactive ketones (excluding diaryl/α,β-unsaturated/α-hetero) is 1. The summed E-state index contributed by atoms with van der Waals surface area (Å²) in [5.41, 5.74) is 0.780. The molecule has 0 unspecified atom stereocenters. The van der Waals surface area contributed by atoms with Crippen LogP contribution in [0.5, 0.6) is 0 Å². The van der Waals surface area contributed by atoms with Gasteiger partial charge in [0.15, 0.2) is 5.82 Å². The van der Waals surface area contributed by atoms with Gasteiger partial charge >= 0.3 is 0 Å². The number of hydrogen-bond acceptors (Lipinski definition) is 5. The van der Waals surface area contributed by atoms with E-state index in [2.05, 4.69) is 20.6 Å². The molecule has 0 atom stereocenters. The maximum atomic E-state index is 13.1.